The van der Waals surface area contributed by atoms with E-state index in [0.29, 0.717) is 17.9 Å². The second-order valence-electron chi connectivity index (χ2n) is 4.60. The maximum absolute atomic E-state index is 12.2. The quantitative estimate of drug-likeness (QED) is 0.831. The predicted molar refractivity (Wildman–Crippen MR) is 84.0 cm³/mol. The first-order chi connectivity index (χ1) is 10.5. The first-order valence-electron chi connectivity index (χ1n) is 6.83. The number of anilines is 1. The lowest BCUT2D eigenvalue weighted by Gasteiger charge is -2.08. The van der Waals surface area contributed by atoms with Crippen LogP contribution in [-0.2, 0) is 26.0 Å². The molecule has 0 spiro atoms. The fourth-order valence-corrected chi connectivity index (χ4v) is 2.94. The van der Waals surface area contributed by atoms with E-state index in [4.69, 9.17) is 4.74 Å². The lowest BCUT2D eigenvalue weighted by atomic mass is 10.1. The number of hydrogen-bond acceptors (Lipinski definition) is 4. The van der Waals surface area contributed by atoms with Crippen LogP contribution < -0.4 is 4.72 Å². The van der Waals surface area contributed by atoms with E-state index in [1.165, 1.54) is 12.1 Å². The van der Waals surface area contributed by atoms with Crippen LogP contribution in [0.15, 0.2) is 59.5 Å². The molecule has 0 aromatic heterocycles. The second-order valence-corrected chi connectivity index (χ2v) is 6.28. The monoisotopic (exact) mass is 319 g/mol. The van der Waals surface area contributed by atoms with Gasteiger partial charge in [0, 0.05) is 5.69 Å². The van der Waals surface area contributed by atoms with E-state index in [1.807, 2.05) is 6.07 Å². The van der Waals surface area contributed by atoms with Crippen LogP contribution in [0.25, 0.3) is 0 Å². The molecule has 0 unspecified atom stereocenters. The summed E-state index contributed by atoms with van der Waals surface area (Å²) in [5, 5.41) is 0. The summed E-state index contributed by atoms with van der Waals surface area (Å²) in [7, 11) is -3.63. The molecule has 0 radical (unpaired) electrons. The van der Waals surface area contributed by atoms with E-state index < -0.39 is 10.0 Å². The lowest BCUT2D eigenvalue weighted by molar-refractivity contribution is -0.142. The minimum Gasteiger partial charge on any atom is -0.466 e. The summed E-state index contributed by atoms with van der Waals surface area (Å²) in [5.41, 5.74) is 1.20. The molecule has 0 saturated carbocycles. The Hall–Kier alpha value is -2.34. The Bertz CT molecular complexity index is 725. The predicted octanol–water partition coefficient (Wildman–Crippen LogP) is 2.59. The molecule has 0 aliphatic carbocycles. The van der Waals surface area contributed by atoms with Crippen molar-refractivity contribution in [2.45, 2.75) is 18.2 Å². The number of nitrogens with one attached hydrogen (secondary N) is 1. The van der Waals surface area contributed by atoms with Crippen LogP contribution >= 0.6 is 0 Å². The number of rotatable bonds is 6. The third kappa shape index (κ3) is 4.33. The van der Waals surface area contributed by atoms with Crippen LogP contribution in [0.5, 0.6) is 0 Å². The van der Waals surface area contributed by atoms with Crippen LogP contribution in [0.1, 0.15) is 12.5 Å². The largest absolute Gasteiger partial charge is 0.466 e. The van der Waals surface area contributed by atoms with Gasteiger partial charge in [-0.3, -0.25) is 9.52 Å². The molecule has 0 saturated heterocycles. The normalized spacial score (nSPS) is 11.0. The van der Waals surface area contributed by atoms with Crippen molar-refractivity contribution in [3.8, 4) is 0 Å². The Morgan fingerprint density at radius 1 is 1.05 bits per heavy atom. The van der Waals surface area contributed by atoms with E-state index >= 15 is 0 Å². The molecule has 1 N–H and O–H groups in total. The highest BCUT2D eigenvalue weighted by atomic mass is 32.2. The molecule has 6 heteroatoms. The minimum absolute atomic E-state index is 0.125. The summed E-state index contributed by atoms with van der Waals surface area (Å²) < 4.78 is 31.8. The van der Waals surface area contributed by atoms with Crippen LogP contribution in [-0.4, -0.2) is 21.0 Å². The van der Waals surface area contributed by atoms with Crippen molar-refractivity contribution >= 4 is 21.7 Å². The highest BCUT2D eigenvalue weighted by Gasteiger charge is 2.14. The molecule has 2 aromatic rings. The Morgan fingerprint density at radius 2 is 1.68 bits per heavy atom. The second kappa shape index (κ2) is 7.09. The summed E-state index contributed by atoms with van der Waals surface area (Å²) in [4.78, 5) is 11.5. The Labute approximate surface area is 130 Å². The van der Waals surface area contributed by atoms with Crippen molar-refractivity contribution in [2.75, 3.05) is 11.3 Å². The molecule has 5 nitrogen and oxygen atoms in total. The maximum Gasteiger partial charge on any atom is 0.310 e. The third-order valence-electron chi connectivity index (χ3n) is 2.91. The van der Waals surface area contributed by atoms with Gasteiger partial charge in [0.25, 0.3) is 10.0 Å². The average Bonchev–Trinajstić information content (AvgIpc) is 2.48. The van der Waals surface area contributed by atoms with Crippen molar-refractivity contribution in [2.24, 2.45) is 0 Å². The molecule has 0 heterocycles. The van der Waals surface area contributed by atoms with Gasteiger partial charge in [0.2, 0.25) is 0 Å². The van der Waals surface area contributed by atoms with Crippen LogP contribution in [0.3, 0.4) is 0 Å². The topological polar surface area (TPSA) is 72.5 Å². The Kier molecular flexibility index (Phi) is 5.16. The zero-order chi connectivity index (χ0) is 16.0. The van der Waals surface area contributed by atoms with Crippen molar-refractivity contribution in [3.05, 3.63) is 60.2 Å². The third-order valence-corrected chi connectivity index (χ3v) is 4.31. The molecule has 0 amide bonds. The van der Waals surface area contributed by atoms with Crippen molar-refractivity contribution < 1.29 is 17.9 Å². The Morgan fingerprint density at radius 3 is 2.27 bits per heavy atom. The first kappa shape index (κ1) is 16.0. The fraction of sp³-hybridized carbons (Fsp3) is 0.188. The number of carbonyl (C=O) groups excluding carboxylic acids is 1. The standard InChI is InChI=1S/C16H17NO4S/c1-2-21-16(18)12-13-8-10-15(11-9-13)22(19,20)17-14-6-4-3-5-7-14/h3-11,17H,2,12H2,1H3. The molecule has 0 bridgehead atoms. The van der Waals surface area contributed by atoms with Gasteiger partial charge < -0.3 is 4.74 Å². The molecular weight excluding hydrogens is 302 g/mol. The van der Waals surface area contributed by atoms with Gasteiger partial charge in [-0.1, -0.05) is 30.3 Å². The zero-order valence-corrected chi connectivity index (χ0v) is 13.0. The lowest BCUT2D eigenvalue weighted by Crippen LogP contribution is -2.13. The molecule has 116 valence electrons. The fourth-order valence-electron chi connectivity index (χ4n) is 1.89. The zero-order valence-electron chi connectivity index (χ0n) is 12.2. The number of sulfonamides is 1. The molecular formula is C16H17NO4S. The SMILES string of the molecule is CCOC(=O)Cc1ccc(S(=O)(=O)Nc2ccccc2)cc1. The van der Waals surface area contributed by atoms with E-state index in [-0.39, 0.29) is 17.3 Å². The maximum atomic E-state index is 12.2. The summed E-state index contributed by atoms with van der Waals surface area (Å²) in [6, 6.07) is 14.8. The molecule has 0 fully saturated rings. The van der Waals surface area contributed by atoms with Crippen molar-refractivity contribution in [1.82, 2.24) is 0 Å². The van der Waals surface area contributed by atoms with Gasteiger partial charge >= 0.3 is 5.97 Å². The molecule has 2 rings (SSSR count). The highest BCUT2D eigenvalue weighted by molar-refractivity contribution is 7.92. The smallest absolute Gasteiger partial charge is 0.310 e. The minimum atomic E-state index is -3.63. The van der Waals surface area contributed by atoms with E-state index in [0.717, 1.165) is 0 Å². The molecule has 2 aromatic carbocycles. The molecule has 22 heavy (non-hydrogen) atoms. The average molecular weight is 319 g/mol. The first-order valence-corrected chi connectivity index (χ1v) is 8.32. The van der Waals surface area contributed by atoms with Crippen LogP contribution in [0.4, 0.5) is 5.69 Å². The van der Waals surface area contributed by atoms with Gasteiger partial charge in [-0.2, -0.15) is 0 Å². The highest BCUT2D eigenvalue weighted by Crippen LogP contribution is 2.16. The van der Waals surface area contributed by atoms with E-state index in [1.54, 1.807) is 43.3 Å². The summed E-state index contributed by atoms with van der Waals surface area (Å²) in [6.07, 6.45) is 0.125. The number of carbonyl (C=O) groups is 1. The van der Waals surface area contributed by atoms with Crippen LogP contribution in [0, 0.1) is 0 Å². The van der Waals surface area contributed by atoms with Gasteiger partial charge in [0.05, 0.1) is 17.9 Å². The summed E-state index contributed by atoms with van der Waals surface area (Å²) >= 11 is 0. The Balaban J connectivity index is 2.10. The molecule has 0 aliphatic heterocycles. The van der Waals surface area contributed by atoms with Crippen molar-refractivity contribution in [3.63, 3.8) is 0 Å². The van der Waals surface area contributed by atoms with E-state index in [2.05, 4.69) is 4.72 Å². The van der Waals surface area contributed by atoms with Gasteiger partial charge in [0.1, 0.15) is 0 Å². The van der Waals surface area contributed by atoms with Gasteiger partial charge in [-0.05, 0) is 36.8 Å². The number of esters is 1. The van der Waals surface area contributed by atoms with Crippen LogP contribution in [0.2, 0.25) is 0 Å². The number of para-hydroxylation sites is 1. The summed E-state index contributed by atoms with van der Waals surface area (Å²) in [6.45, 7) is 2.06. The summed E-state index contributed by atoms with van der Waals surface area (Å²) in [5.74, 6) is -0.333. The number of ether oxygens (including phenoxy) is 1. The molecule has 0 aliphatic rings. The van der Waals surface area contributed by atoms with Gasteiger partial charge in [0.15, 0.2) is 0 Å². The number of hydrogen-bond donors (Lipinski definition) is 1. The van der Waals surface area contributed by atoms with E-state index in [9.17, 15) is 13.2 Å². The van der Waals surface area contributed by atoms with Gasteiger partial charge in [-0.15, -0.1) is 0 Å². The van der Waals surface area contributed by atoms with Gasteiger partial charge in [-0.25, -0.2) is 8.42 Å². The number of benzene rings is 2. The molecule has 0 atom stereocenters. The van der Waals surface area contributed by atoms with Crippen molar-refractivity contribution in [1.29, 1.82) is 0 Å².